The molecule has 0 unspecified atom stereocenters. The van der Waals surface area contributed by atoms with Gasteiger partial charge in [0, 0.05) is 11.1 Å². The Morgan fingerprint density at radius 3 is 2.92 bits per heavy atom. The second kappa shape index (κ2) is 6.81. The molecule has 1 aliphatic rings. The van der Waals surface area contributed by atoms with E-state index in [0.717, 1.165) is 46.8 Å². The highest BCUT2D eigenvalue weighted by atomic mass is 16.7. The number of hydrogen-bond acceptors (Lipinski definition) is 5. The van der Waals surface area contributed by atoms with E-state index in [1.807, 2.05) is 55.5 Å². The lowest BCUT2D eigenvalue weighted by atomic mass is 10.1. The monoisotopic (exact) mass is 333 g/mol. The summed E-state index contributed by atoms with van der Waals surface area (Å²) in [5, 5.41) is 5.56. The van der Waals surface area contributed by atoms with E-state index in [1.54, 1.807) is 0 Å². The zero-order valence-corrected chi connectivity index (χ0v) is 14.0. The number of pyridine rings is 1. The first-order chi connectivity index (χ1) is 12.3. The summed E-state index contributed by atoms with van der Waals surface area (Å²) >= 11 is 0. The maximum absolute atomic E-state index is 5.41. The van der Waals surface area contributed by atoms with E-state index >= 15 is 0 Å². The van der Waals surface area contributed by atoms with Crippen LogP contribution in [-0.2, 0) is 6.42 Å². The lowest BCUT2D eigenvalue weighted by Gasteiger charge is -2.05. The number of fused-ring (bicyclic) bond motifs is 2. The molecule has 25 heavy (non-hydrogen) atoms. The molecule has 5 heteroatoms. The van der Waals surface area contributed by atoms with Crippen LogP contribution in [0.1, 0.15) is 18.9 Å². The van der Waals surface area contributed by atoms with Crippen LogP contribution in [0.4, 0.5) is 5.82 Å². The summed E-state index contributed by atoms with van der Waals surface area (Å²) in [5.74, 6) is 2.39. The Kier molecular flexibility index (Phi) is 4.21. The second-order valence-corrected chi connectivity index (χ2v) is 6.04. The summed E-state index contributed by atoms with van der Waals surface area (Å²) in [6.45, 7) is 2.32. The van der Waals surface area contributed by atoms with Crippen LogP contribution in [0.5, 0.6) is 11.5 Å². The highest BCUT2D eigenvalue weighted by molar-refractivity contribution is 5.83. The first-order valence-electron chi connectivity index (χ1n) is 8.31. The van der Waals surface area contributed by atoms with E-state index in [9.17, 15) is 0 Å². The standard InChI is InChI=1S/C20H19N3O2/c1-14(6-7-15-8-10-18-19(12-15)25-13-24-18)22-23-20-11-9-16-4-2-3-5-17(16)21-20/h2-5,8-12H,6-7,13H2,1H3,(H,21,23)/b22-14+. The summed E-state index contributed by atoms with van der Waals surface area (Å²) in [7, 11) is 0. The molecule has 3 aromatic rings. The number of aryl methyl sites for hydroxylation is 1. The van der Waals surface area contributed by atoms with Crippen molar-refractivity contribution >= 4 is 22.4 Å². The lowest BCUT2D eigenvalue weighted by Crippen LogP contribution is -2.01. The van der Waals surface area contributed by atoms with Crippen LogP contribution in [0.25, 0.3) is 10.9 Å². The number of nitrogens with one attached hydrogen (secondary N) is 1. The van der Waals surface area contributed by atoms with Crippen molar-refractivity contribution in [2.75, 3.05) is 12.2 Å². The number of hydrogen-bond donors (Lipinski definition) is 1. The average molecular weight is 333 g/mol. The Bertz CT molecular complexity index is 937. The number of anilines is 1. The molecule has 1 aliphatic heterocycles. The number of hydrazone groups is 1. The predicted octanol–water partition coefficient (Wildman–Crippen LogP) is 4.38. The average Bonchev–Trinajstić information content (AvgIpc) is 3.12. The zero-order valence-electron chi connectivity index (χ0n) is 14.0. The maximum Gasteiger partial charge on any atom is 0.231 e. The topological polar surface area (TPSA) is 55.7 Å². The minimum absolute atomic E-state index is 0.307. The summed E-state index contributed by atoms with van der Waals surface area (Å²) < 4.78 is 10.7. The van der Waals surface area contributed by atoms with E-state index in [0.29, 0.717) is 6.79 Å². The van der Waals surface area contributed by atoms with Crippen molar-refractivity contribution < 1.29 is 9.47 Å². The summed E-state index contributed by atoms with van der Waals surface area (Å²) in [6, 6.07) is 18.1. The Morgan fingerprint density at radius 2 is 1.96 bits per heavy atom. The largest absolute Gasteiger partial charge is 0.454 e. The summed E-state index contributed by atoms with van der Waals surface area (Å²) in [5.41, 5.74) is 6.24. The molecule has 2 aromatic carbocycles. The quantitative estimate of drug-likeness (QED) is 0.556. The van der Waals surface area contributed by atoms with E-state index in [1.165, 1.54) is 5.56 Å². The Balaban J connectivity index is 1.37. The van der Waals surface area contributed by atoms with Gasteiger partial charge in [-0.25, -0.2) is 4.98 Å². The Hall–Kier alpha value is -3.08. The maximum atomic E-state index is 5.41. The number of ether oxygens (including phenoxy) is 2. The van der Waals surface area contributed by atoms with Crippen LogP contribution in [0.3, 0.4) is 0 Å². The molecule has 0 saturated heterocycles. The molecule has 1 aromatic heterocycles. The lowest BCUT2D eigenvalue weighted by molar-refractivity contribution is 0.174. The number of rotatable bonds is 5. The SMILES string of the molecule is C/C(CCc1ccc2c(c1)OCO2)=N\Nc1ccc2ccccc2n1. The normalized spacial score (nSPS) is 13.2. The summed E-state index contributed by atoms with van der Waals surface area (Å²) in [6.07, 6.45) is 1.76. The van der Waals surface area contributed by atoms with Crippen molar-refractivity contribution in [1.82, 2.24) is 4.98 Å². The first-order valence-corrected chi connectivity index (χ1v) is 8.31. The molecule has 4 rings (SSSR count). The molecule has 0 aliphatic carbocycles. The van der Waals surface area contributed by atoms with Crippen LogP contribution >= 0.6 is 0 Å². The molecule has 126 valence electrons. The molecular weight excluding hydrogens is 314 g/mol. The Morgan fingerprint density at radius 1 is 1.08 bits per heavy atom. The highest BCUT2D eigenvalue weighted by Crippen LogP contribution is 2.32. The minimum atomic E-state index is 0.307. The van der Waals surface area contributed by atoms with Gasteiger partial charge < -0.3 is 9.47 Å². The van der Waals surface area contributed by atoms with Crippen LogP contribution in [0.2, 0.25) is 0 Å². The molecule has 0 atom stereocenters. The number of para-hydroxylation sites is 1. The van der Waals surface area contributed by atoms with Gasteiger partial charge in [0.1, 0.15) is 5.82 Å². The molecule has 5 nitrogen and oxygen atoms in total. The van der Waals surface area contributed by atoms with Gasteiger partial charge in [-0.15, -0.1) is 0 Å². The molecule has 0 spiro atoms. The highest BCUT2D eigenvalue weighted by Gasteiger charge is 2.13. The van der Waals surface area contributed by atoms with E-state index < -0.39 is 0 Å². The fourth-order valence-electron chi connectivity index (χ4n) is 2.76. The third-order valence-electron chi connectivity index (χ3n) is 4.17. The van der Waals surface area contributed by atoms with Crippen LogP contribution in [-0.4, -0.2) is 17.5 Å². The third-order valence-corrected chi connectivity index (χ3v) is 4.17. The van der Waals surface area contributed by atoms with Crippen molar-refractivity contribution in [3.05, 3.63) is 60.2 Å². The molecule has 0 saturated carbocycles. The third kappa shape index (κ3) is 3.55. The van der Waals surface area contributed by atoms with E-state index in [4.69, 9.17) is 9.47 Å². The molecular formula is C20H19N3O2. The van der Waals surface area contributed by atoms with E-state index in [-0.39, 0.29) is 0 Å². The predicted molar refractivity (Wildman–Crippen MR) is 99.4 cm³/mol. The molecule has 0 amide bonds. The van der Waals surface area contributed by atoms with Gasteiger partial charge >= 0.3 is 0 Å². The van der Waals surface area contributed by atoms with Crippen molar-refractivity contribution in [3.63, 3.8) is 0 Å². The molecule has 1 N–H and O–H groups in total. The van der Waals surface area contributed by atoms with Gasteiger partial charge in [0.15, 0.2) is 11.5 Å². The van der Waals surface area contributed by atoms with Gasteiger partial charge in [-0.1, -0.05) is 24.3 Å². The van der Waals surface area contributed by atoms with Crippen molar-refractivity contribution in [2.45, 2.75) is 19.8 Å². The van der Waals surface area contributed by atoms with Gasteiger partial charge in [-0.2, -0.15) is 5.10 Å². The number of nitrogens with zero attached hydrogens (tertiary/aromatic N) is 2. The van der Waals surface area contributed by atoms with Crippen LogP contribution in [0, 0.1) is 0 Å². The van der Waals surface area contributed by atoms with Crippen molar-refractivity contribution in [2.24, 2.45) is 5.10 Å². The van der Waals surface area contributed by atoms with Crippen LogP contribution in [0.15, 0.2) is 59.7 Å². The molecule has 2 heterocycles. The van der Waals surface area contributed by atoms with Gasteiger partial charge in [0.2, 0.25) is 6.79 Å². The molecule has 0 bridgehead atoms. The number of aromatic nitrogens is 1. The number of benzene rings is 2. The van der Waals surface area contributed by atoms with Crippen LogP contribution < -0.4 is 14.9 Å². The van der Waals surface area contributed by atoms with Crippen molar-refractivity contribution in [1.29, 1.82) is 0 Å². The van der Waals surface area contributed by atoms with Gasteiger partial charge in [-0.05, 0) is 55.7 Å². The Labute approximate surface area is 146 Å². The molecule has 0 fully saturated rings. The molecule has 0 radical (unpaired) electrons. The van der Waals surface area contributed by atoms with Gasteiger partial charge in [0.05, 0.1) is 5.52 Å². The summed E-state index contributed by atoms with van der Waals surface area (Å²) in [4.78, 5) is 4.56. The smallest absolute Gasteiger partial charge is 0.231 e. The van der Waals surface area contributed by atoms with E-state index in [2.05, 4.69) is 21.6 Å². The fourth-order valence-corrected chi connectivity index (χ4v) is 2.76. The van der Waals surface area contributed by atoms with Gasteiger partial charge in [0.25, 0.3) is 0 Å². The minimum Gasteiger partial charge on any atom is -0.454 e. The zero-order chi connectivity index (χ0) is 17.1. The van der Waals surface area contributed by atoms with Gasteiger partial charge in [-0.3, -0.25) is 5.43 Å². The van der Waals surface area contributed by atoms with Crippen molar-refractivity contribution in [3.8, 4) is 11.5 Å². The first kappa shape index (κ1) is 15.4. The fraction of sp³-hybridized carbons (Fsp3) is 0.200. The second-order valence-electron chi connectivity index (χ2n) is 6.04.